The fraction of sp³-hybridized carbons (Fsp3) is 0.500. The van der Waals surface area contributed by atoms with Crippen LogP contribution in [0.4, 0.5) is 0 Å². The van der Waals surface area contributed by atoms with E-state index in [1.54, 1.807) is 0 Å². The van der Waals surface area contributed by atoms with Crippen LogP contribution in [0.25, 0.3) is 0 Å². The molecule has 28 heavy (non-hydrogen) atoms. The Hall–Kier alpha value is -2.04. The summed E-state index contributed by atoms with van der Waals surface area (Å²) in [5.74, 6) is 1.33. The number of piperidine rings is 1. The molecule has 2 aliphatic heterocycles. The number of benzene rings is 2. The standard InChI is InChI=1S/C24H32N2O2/c1-25-14-11-20-18-21(27)7-10-23(20)24(25)17-19-5-8-22(9-6-19)28-16-15-26-12-3-2-4-13-26/h5-10,18,24,27H,2-4,11-17H2,1H3. The molecule has 0 spiro atoms. The van der Waals surface area contributed by atoms with Crippen LogP contribution in [0, 0.1) is 0 Å². The Morgan fingerprint density at radius 1 is 1.00 bits per heavy atom. The van der Waals surface area contributed by atoms with E-state index in [2.05, 4.69) is 47.2 Å². The van der Waals surface area contributed by atoms with E-state index in [0.717, 1.165) is 38.3 Å². The lowest BCUT2D eigenvalue weighted by Crippen LogP contribution is -2.33. The van der Waals surface area contributed by atoms with Gasteiger partial charge in [0.1, 0.15) is 18.1 Å². The van der Waals surface area contributed by atoms with Gasteiger partial charge in [-0.3, -0.25) is 9.80 Å². The highest BCUT2D eigenvalue weighted by atomic mass is 16.5. The van der Waals surface area contributed by atoms with Crippen molar-refractivity contribution in [1.82, 2.24) is 9.80 Å². The lowest BCUT2D eigenvalue weighted by atomic mass is 9.89. The Balaban J connectivity index is 1.34. The first-order valence-electron chi connectivity index (χ1n) is 10.7. The number of hydrogen-bond acceptors (Lipinski definition) is 4. The highest BCUT2D eigenvalue weighted by Crippen LogP contribution is 2.33. The molecule has 0 amide bonds. The Kier molecular flexibility index (Phi) is 6.18. The molecular weight excluding hydrogens is 348 g/mol. The minimum absolute atomic E-state index is 0.357. The monoisotopic (exact) mass is 380 g/mol. The van der Waals surface area contributed by atoms with E-state index in [1.807, 2.05) is 12.1 Å². The van der Waals surface area contributed by atoms with Gasteiger partial charge in [-0.05, 0) is 86.8 Å². The van der Waals surface area contributed by atoms with Crippen molar-refractivity contribution in [3.63, 3.8) is 0 Å². The highest BCUT2D eigenvalue weighted by molar-refractivity contribution is 5.39. The predicted molar refractivity (Wildman–Crippen MR) is 113 cm³/mol. The molecule has 1 N–H and O–H groups in total. The highest BCUT2D eigenvalue weighted by Gasteiger charge is 2.25. The number of fused-ring (bicyclic) bond motifs is 1. The van der Waals surface area contributed by atoms with Crippen LogP contribution in [0.3, 0.4) is 0 Å². The first kappa shape index (κ1) is 19.3. The normalized spacial score (nSPS) is 20.7. The van der Waals surface area contributed by atoms with Gasteiger partial charge in [0.05, 0.1) is 0 Å². The van der Waals surface area contributed by atoms with Gasteiger partial charge < -0.3 is 9.84 Å². The summed E-state index contributed by atoms with van der Waals surface area (Å²) in [6.07, 6.45) is 6.00. The molecule has 0 aliphatic carbocycles. The first-order chi connectivity index (χ1) is 13.7. The summed E-state index contributed by atoms with van der Waals surface area (Å²) in [5, 5.41) is 9.78. The molecule has 4 nitrogen and oxygen atoms in total. The van der Waals surface area contributed by atoms with Crippen LogP contribution in [0.15, 0.2) is 42.5 Å². The second kappa shape index (κ2) is 8.97. The molecule has 2 aromatic rings. The number of ether oxygens (including phenoxy) is 1. The molecule has 1 fully saturated rings. The van der Waals surface area contributed by atoms with E-state index in [0.29, 0.717) is 11.8 Å². The van der Waals surface area contributed by atoms with Gasteiger partial charge in [0.25, 0.3) is 0 Å². The van der Waals surface area contributed by atoms with E-state index in [4.69, 9.17) is 4.74 Å². The number of rotatable bonds is 6. The van der Waals surface area contributed by atoms with Gasteiger partial charge in [-0.25, -0.2) is 0 Å². The summed E-state index contributed by atoms with van der Waals surface area (Å²) in [7, 11) is 2.19. The van der Waals surface area contributed by atoms with Crippen LogP contribution in [-0.4, -0.2) is 54.7 Å². The molecule has 0 bridgehead atoms. The molecule has 2 aliphatic rings. The van der Waals surface area contributed by atoms with Crippen molar-refractivity contribution in [3.05, 3.63) is 59.2 Å². The molecule has 1 atom stereocenters. The zero-order valence-electron chi connectivity index (χ0n) is 16.9. The molecule has 2 heterocycles. The smallest absolute Gasteiger partial charge is 0.119 e. The Morgan fingerprint density at radius 3 is 2.57 bits per heavy atom. The molecule has 0 radical (unpaired) electrons. The Labute approximate surface area is 168 Å². The maximum absolute atomic E-state index is 9.78. The van der Waals surface area contributed by atoms with Gasteiger partial charge >= 0.3 is 0 Å². The van der Waals surface area contributed by atoms with Crippen molar-refractivity contribution in [2.75, 3.05) is 39.8 Å². The number of likely N-dealkylation sites (N-methyl/N-ethyl adjacent to an activating group) is 1. The molecule has 2 aromatic carbocycles. The Bertz CT molecular complexity index is 769. The summed E-state index contributed by atoms with van der Waals surface area (Å²) in [5.41, 5.74) is 3.94. The average molecular weight is 381 g/mol. The molecule has 0 aromatic heterocycles. The van der Waals surface area contributed by atoms with Gasteiger partial charge in [0.2, 0.25) is 0 Å². The maximum Gasteiger partial charge on any atom is 0.119 e. The largest absolute Gasteiger partial charge is 0.508 e. The van der Waals surface area contributed by atoms with Gasteiger partial charge in [-0.1, -0.05) is 24.6 Å². The van der Waals surface area contributed by atoms with Gasteiger partial charge in [0.15, 0.2) is 0 Å². The molecule has 1 unspecified atom stereocenters. The quantitative estimate of drug-likeness (QED) is 0.821. The minimum atomic E-state index is 0.357. The number of phenols is 1. The number of hydrogen-bond donors (Lipinski definition) is 1. The number of nitrogens with zero attached hydrogens (tertiary/aromatic N) is 2. The summed E-state index contributed by atoms with van der Waals surface area (Å²) in [6.45, 7) is 5.26. The van der Waals surface area contributed by atoms with Crippen molar-refractivity contribution in [3.8, 4) is 11.5 Å². The molecule has 4 heteroatoms. The average Bonchev–Trinajstić information content (AvgIpc) is 2.72. The lowest BCUT2D eigenvalue weighted by molar-refractivity contribution is 0.183. The second-order valence-corrected chi connectivity index (χ2v) is 8.23. The van der Waals surface area contributed by atoms with E-state index in [1.165, 1.54) is 49.0 Å². The predicted octanol–water partition coefficient (Wildman–Crippen LogP) is 4.03. The summed E-state index contributed by atoms with van der Waals surface area (Å²) < 4.78 is 5.96. The van der Waals surface area contributed by atoms with Crippen molar-refractivity contribution in [2.45, 2.75) is 38.1 Å². The summed E-state index contributed by atoms with van der Waals surface area (Å²) in [4.78, 5) is 4.93. The third-order valence-corrected chi connectivity index (χ3v) is 6.23. The van der Waals surface area contributed by atoms with Crippen LogP contribution in [0.2, 0.25) is 0 Å². The zero-order valence-corrected chi connectivity index (χ0v) is 16.9. The van der Waals surface area contributed by atoms with E-state index in [-0.39, 0.29) is 0 Å². The van der Waals surface area contributed by atoms with Gasteiger partial charge in [-0.15, -0.1) is 0 Å². The van der Waals surface area contributed by atoms with E-state index < -0.39 is 0 Å². The molecule has 0 saturated carbocycles. The lowest BCUT2D eigenvalue weighted by Gasteiger charge is -2.35. The fourth-order valence-corrected chi connectivity index (χ4v) is 4.51. The van der Waals surface area contributed by atoms with Crippen LogP contribution in [0.5, 0.6) is 11.5 Å². The Morgan fingerprint density at radius 2 is 1.79 bits per heavy atom. The maximum atomic E-state index is 9.78. The van der Waals surface area contributed by atoms with Crippen molar-refractivity contribution < 1.29 is 9.84 Å². The van der Waals surface area contributed by atoms with Crippen LogP contribution >= 0.6 is 0 Å². The number of likely N-dealkylation sites (tertiary alicyclic amines) is 1. The zero-order chi connectivity index (χ0) is 19.3. The van der Waals surface area contributed by atoms with Crippen molar-refractivity contribution in [2.24, 2.45) is 0 Å². The third-order valence-electron chi connectivity index (χ3n) is 6.23. The van der Waals surface area contributed by atoms with Gasteiger partial charge in [-0.2, -0.15) is 0 Å². The SMILES string of the molecule is CN1CCc2cc(O)ccc2C1Cc1ccc(OCCN2CCCCC2)cc1. The summed E-state index contributed by atoms with van der Waals surface area (Å²) in [6, 6.07) is 14.8. The fourth-order valence-electron chi connectivity index (χ4n) is 4.51. The molecule has 150 valence electrons. The molecular formula is C24H32N2O2. The molecule has 4 rings (SSSR count). The van der Waals surface area contributed by atoms with Crippen LogP contribution in [0.1, 0.15) is 42.0 Å². The molecule has 1 saturated heterocycles. The topological polar surface area (TPSA) is 35.9 Å². The minimum Gasteiger partial charge on any atom is -0.508 e. The number of aromatic hydroxyl groups is 1. The second-order valence-electron chi connectivity index (χ2n) is 8.23. The first-order valence-corrected chi connectivity index (χ1v) is 10.7. The van der Waals surface area contributed by atoms with Gasteiger partial charge in [0, 0.05) is 19.1 Å². The van der Waals surface area contributed by atoms with Crippen LogP contribution in [-0.2, 0) is 12.8 Å². The summed E-state index contributed by atoms with van der Waals surface area (Å²) >= 11 is 0. The van der Waals surface area contributed by atoms with E-state index >= 15 is 0 Å². The third kappa shape index (κ3) is 4.68. The van der Waals surface area contributed by atoms with Crippen molar-refractivity contribution in [1.29, 1.82) is 0 Å². The van der Waals surface area contributed by atoms with E-state index in [9.17, 15) is 5.11 Å². The van der Waals surface area contributed by atoms with Crippen molar-refractivity contribution >= 4 is 0 Å². The number of phenolic OH excluding ortho intramolecular Hbond substituents is 1. The van der Waals surface area contributed by atoms with Crippen LogP contribution < -0.4 is 4.74 Å².